The van der Waals surface area contributed by atoms with Gasteiger partial charge >= 0.3 is 0 Å². The van der Waals surface area contributed by atoms with Gasteiger partial charge in [0.2, 0.25) is 5.88 Å². The second kappa shape index (κ2) is 5.92. The number of fused-ring (bicyclic) bond motifs is 1. The summed E-state index contributed by atoms with van der Waals surface area (Å²) in [6.07, 6.45) is 4.68. The first-order valence-electron chi connectivity index (χ1n) is 7.33. The van der Waals surface area contributed by atoms with Crippen LogP contribution in [0.2, 0.25) is 0 Å². The summed E-state index contributed by atoms with van der Waals surface area (Å²) in [6.45, 7) is 0. The van der Waals surface area contributed by atoms with Crippen molar-refractivity contribution >= 4 is 10.9 Å². The quantitative estimate of drug-likeness (QED) is 0.628. The number of aromatic nitrogens is 4. The lowest BCUT2D eigenvalue weighted by Gasteiger charge is -2.06. The van der Waals surface area contributed by atoms with Crippen molar-refractivity contribution in [1.82, 2.24) is 19.9 Å². The zero-order valence-corrected chi connectivity index (χ0v) is 12.5. The van der Waals surface area contributed by atoms with Crippen molar-refractivity contribution in [3.63, 3.8) is 0 Å². The smallest absolute Gasteiger partial charge is 0.259 e. The number of hydrogen-bond acceptors (Lipinski definition) is 5. The van der Waals surface area contributed by atoms with E-state index < -0.39 is 0 Å². The summed E-state index contributed by atoms with van der Waals surface area (Å²) < 4.78 is 5.60. The van der Waals surface area contributed by atoms with Gasteiger partial charge in [0.25, 0.3) is 5.56 Å². The molecule has 0 radical (unpaired) electrons. The van der Waals surface area contributed by atoms with Crippen molar-refractivity contribution in [2.24, 2.45) is 0 Å². The van der Waals surface area contributed by atoms with E-state index >= 15 is 0 Å². The Hall–Kier alpha value is -3.54. The molecule has 0 fully saturated rings. The van der Waals surface area contributed by atoms with E-state index in [1.54, 1.807) is 30.6 Å². The predicted molar refractivity (Wildman–Crippen MR) is 89.9 cm³/mol. The third kappa shape index (κ3) is 2.72. The Morgan fingerprint density at radius 1 is 0.958 bits per heavy atom. The van der Waals surface area contributed by atoms with Gasteiger partial charge in [-0.25, -0.2) is 9.97 Å². The zero-order valence-electron chi connectivity index (χ0n) is 12.5. The highest BCUT2D eigenvalue weighted by Gasteiger charge is 2.06. The highest BCUT2D eigenvalue weighted by Crippen LogP contribution is 2.23. The van der Waals surface area contributed by atoms with Crippen LogP contribution in [0.15, 0.2) is 71.9 Å². The lowest BCUT2D eigenvalue weighted by molar-refractivity contribution is 0.460. The summed E-state index contributed by atoms with van der Waals surface area (Å²) in [6, 6.07) is 14.5. The van der Waals surface area contributed by atoms with Crippen molar-refractivity contribution in [1.29, 1.82) is 0 Å². The van der Waals surface area contributed by atoms with Crippen molar-refractivity contribution < 1.29 is 4.74 Å². The number of rotatable bonds is 3. The fourth-order valence-corrected chi connectivity index (χ4v) is 2.36. The van der Waals surface area contributed by atoms with Crippen LogP contribution < -0.4 is 10.3 Å². The van der Waals surface area contributed by atoms with Crippen molar-refractivity contribution in [3.05, 3.63) is 77.5 Å². The first-order chi connectivity index (χ1) is 11.8. The van der Waals surface area contributed by atoms with Crippen LogP contribution in [0.4, 0.5) is 0 Å². The third-order valence-electron chi connectivity index (χ3n) is 3.50. The number of nitrogens with zero attached hydrogens (tertiary/aromatic N) is 3. The van der Waals surface area contributed by atoms with E-state index in [0.717, 1.165) is 5.56 Å². The average molecular weight is 316 g/mol. The van der Waals surface area contributed by atoms with Gasteiger partial charge in [0.05, 0.1) is 17.1 Å². The Kier molecular flexibility index (Phi) is 3.47. The van der Waals surface area contributed by atoms with Crippen LogP contribution in [0.25, 0.3) is 22.3 Å². The van der Waals surface area contributed by atoms with Crippen LogP contribution in [0.1, 0.15) is 0 Å². The number of H-pyrrole nitrogens is 1. The zero-order chi connectivity index (χ0) is 16.4. The van der Waals surface area contributed by atoms with E-state index in [9.17, 15) is 4.79 Å². The second-order valence-electron chi connectivity index (χ2n) is 5.10. The molecule has 0 unspecified atom stereocenters. The molecule has 0 saturated carbocycles. The molecule has 6 nitrogen and oxygen atoms in total. The van der Waals surface area contributed by atoms with Gasteiger partial charge in [0.15, 0.2) is 0 Å². The lowest BCUT2D eigenvalue weighted by atomic mass is 10.2. The molecular formula is C18H12N4O2. The van der Waals surface area contributed by atoms with Crippen molar-refractivity contribution in [3.8, 4) is 23.0 Å². The van der Waals surface area contributed by atoms with E-state index in [1.165, 1.54) is 6.20 Å². The van der Waals surface area contributed by atoms with Crippen LogP contribution in [0, 0.1) is 0 Å². The van der Waals surface area contributed by atoms with Crippen molar-refractivity contribution in [2.45, 2.75) is 0 Å². The lowest BCUT2D eigenvalue weighted by Crippen LogP contribution is -2.09. The van der Waals surface area contributed by atoms with Gasteiger partial charge in [-0.15, -0.1) is 0 Å². The molecule has 0 aliphatic carbocycles. The Morgan fingerprint density at radius 3 is 2.58 bits per heavy atom. The molecule has 24 heavy (non-hydrogen) atoms. The van der Waals surface area contributed by atoms with E-state index in [2.05, 4.69) is 19.9 Å². The normalized spacial score (nSPS) is 10.7. The molecule has 2 aromatic heterocycles. The highest BCUT2D eigenvalue weighted by atomic mass is 16.5. The standard InChI is InChI=1S/C18H12N4O2/c23-18-14-3-1-2-4-15(14)21-17(22-18)12-5-7-13(8-6-12)24-16-11-19-9-10-20-16/h1-11H,(H,21,22,23). The van der Waals surface area contributed by atoms with Crippen LogP contribution >= 0.6 is 0 Å². The summed E-state index contributed by atoms with van der Waals surface area (Å²) in [7, 11) is 0. The van der Waals surface area contributed by atoms with E-state index in [-0.39, 0.29) is 5.56 Å². The van der Waals surface area contributed by atoms with Gasteiger partial charge in [-0.1, -0.05) is 12.1 Å². The van der Waals surface area contributed by atoms with Gasteiger partial charge in [-0.2, -0.15) is 0 Å². The molecule has 0 aliphatic heterocycles. The minimum atomic E-state index is -0.157. The highest BCUT2D eigenvalue weighted by molar-refractivity contribution is 5.79. The molecular weight excluding hydrogens is 304 g/mol. The minimum Gasteiger partial charge on any atom is -0.438 e. The number of benzene rings is 2. The molecule has 0 saturated heterocycles. The molecule has 6 heteroatoms. The Balaban J connectivity index is 1.67. The maximum Gasteiger partial charge on any atom is 0.259 e. The molecule has 2 aromatic carbocycles. The van der Waals surface area contributed by atoms with Crippen LogP contribution in [0.5, 0.6) is 11.6 Å². The van der Waals surface area contributed by atoms with E-state index in [4.69, 9.17) is 4.74 Å². The predicted octanol–water partition coefficient (Wildman–Crippen LogP) is 3.17. The third-order valence-corrected chi connectivity index (χ3v) is 3.50. The number of aromatic amines is 1. The Morgan fingerprint density at radius 2 is 1.79 bits per heavy atom. The fourth-order valence-electron chi connectivity index (χ4n) is 2.36. The van der Waals surface area contributed by atoms with Crippen LogP contribution in [-0.4, -0.2) is 19.9 Å². The average Bonchev–Trinajstić information content (AvgIpc) is 2.63. The Labute approximate surface area is 136 Å². The number of ether oxygens (including phenoxy) is 1. The summed E-state index contributed by atoms with van der Waals surface area (Å²) in [5.74, 6) is 1.56. The summed E-state index contributed by atoms with van der Waals surface area (Å²) in [4.78, 5) is 27.5. The summed E-state index contributed by atoms with van der Waals surface area (Å²) in [5, 5.41) is 0.573. The van der Waals surface area contributed by atoms with Gasteiger partial charge in [-0.05, 0) is 36.4 Å². The summed E-state index contributed by atoms with van der Waals surface area (Å²) >= 11 is 0. The number of hydrogen-bond donors (Lipinski definition) is 1. The SMILES string of the molecule is O=c1[nH]c(-c2ccc(Oc3cnccn3)cc2)nc2ccccc12. The largest absolute Gasteiger partial charge is 0.438 e. The molecule has 2 heterocycles. The van der Waals surface area contributed by atoms with Crippen LogP contribution in [0.3, 0.4) is 0 Å². The van der Waals surface area contributed by atoms with Gasteiger partial charge in [0, 0.05) is 18.0 Å². The second-order valence-corrected chi connectivity index (χ2v) is 5.10. The first kappa shape index (κ1) is 14.1. The van der Waals surface area contributed by atoms with Gasteiger partial charge < -0.3 is 9.72 Å². The molecule has 0 atom stereocenters. The maximum atomic E-state index is 12.1. The molecule has 0 spiro atoms. The van der Waals surface area contributed by atoms with Gasteiger partial charge in [0.1, 0.15) is 11.6 Å². The molecule has 0 bridgehead atoms. The van der Waals surface area contributed by atoms with E-state index in [0.29, 0.717) is 28.4 Å². The van der Waals surface area contributed by atoms with Crippen molar-refractivity contribution in [2.75, 3.05) is 0 Å². The summed E-state index contributed by atoms with van der Waals surface area (Å²) in [5.41, 5.74) is 1.30. The maximum absolute atomic E-state index is 12.1. The Bertz CT molecular complexity index is 1040. The minimum absolute atomic E-state index is 0.157. The molecule has 1 N–H and O–H groups in total. The first-order valence-corrected chi connectivity index (χ1v) is 7.33. The fraction of sp³-hybridized carbons (Fsp3) is 0. The topological polar surface area (TPSA) is 80.8 Å². The molecule has 0 amide bonds. The van der Waals surface area contributed by atoms with E-state index in [1.807, 2.05) is 30.3 Å². The monoisotopic (exact) mass is 316 g/mol. The van der Waals surface area contributed by atoms with Gasteiger partial charge in [-0.3, -0.25) is 9.78 Å². The molecule has 4 aromatic rings. The number of nitrogens with one attached hydrogen (secondary N) is 1. The molecule has 4 rings (SSSR count). The molecule has 116 valence electrons. The molecule has 0 aliphatic rings. The van der Waals surface area contributed by atoms with Crippen LogP contribution in [-0.2, 0) is 0 Å². The number of para-hydroxylation sites is 1.